The van der Waals surface area contributed by atoms with Crippen molar-refractivity contribution in [2.24, 2.45) is 0 Å². The molecular formula is C18H25F3N2O2. The van der Waals surface area contributed by atoms with Crippen LogP contribution in [-0.4, -0.2) is 47.7 Å². The third kappa shape index (κ3) is 6.23. The van der Waals surface area contributed by atoms with Crippen molar-refractivity contribution in [1.29, 1.82) is 0 Å². The number of halogens is 3. The summed E-state index contributed by atoms with van der Waals surface area (Å²) in [5.41, 5.74) is -0.328. The zero-order chi connectivity index (χ0) is 18.7. The highest BCUT2D eigenvalue weighted by Crippen LogP contribution is 2.29. The van der Waals surface area contributed by atoms with Crippen LogP contribution in [0, 0.1) is 0 Å². The molecule has 0 saturated carbocycles. The molecule has 1 heterocycles. The number of carbonyl (C=O) groups excluding carboxylic acids is 1. The van der Waals surface area contributed by atoms with Crippen molar-refractivity contribution in [1.82, 2.24) is 9.80 Å². The number of nitrogens with zero attached hydrogens (tertiary/aromatic N) is 2. The Balaban J connectivity index is 1.90. The van der Waals surface area contributed by atoms with Gasteiger partial charge in [0.05, 0.1) is 5.56 Å². The maximum absolute atomic E-state index is 12.6. The Kier molecular flexibility index (Phi) is 5.98. The van der Waals surface area contributed by atoms with Crippen LogP contribution in [0.25, 0.3) is 0 Å². The fourth-order valence-corrected chi connectivity index (χ4v) is 2.70. The highest BCUT2D eigenvalue weighted by molar-refractivity contribution is 5.68. The Labute approximate surface area is 146 Å². The highest BCUT2D eigenvalue weighted by atomic mass is 19.4. The molecule has 1 fully saturated rings. The third-order valence-electron chi connectivity index (χ3n) is 3.93. The Morgan fingerprint density at radius 2 is 1.68 bits per heavy atom. The Morgan fingerprint density at radius 1 is 1.04 bits per heavy atom. The molecule has 7 heteroatoms. The van der Waals surface area contributed by atoms with Gasteiger partial charge in [-0.15, -0.1) is 0 Å². The average molecular weight is 358 g/mol. The van der Waals surface area contributed by atoms with E-state index in [1.54, 1.807) is 4.90 Å². The van der Waals surface area contributed by atoms with Gasteiger partial charge in [-0.05, 0) is 44.9 Å². The molecule has 4 nitrogen and oxygen atoms in total. The summed E-state index contributed by atoms with van der Waals surface area (Å²) < 4.78 is 43.2. The van der Waals surface area contributed by atoms with Gasteiger partial charge in [0.1, 0.15) is 5.60 Å². The lowest BCUT2D eigenvalue weighted by atomic mass is 10.1. The smallest absolute Gasteiger partial charge is 0.416 e. The molecule has 0 unspecified atom stereocenters. The van der Waals surface area contributed by atoms with Crippen molar-refractivity contribution in [3.8, 4) is 0 Å². The molecule has 1 aromatic rings. The lowest BCUT2D eigenvalue weighted by Crippen LogP contribution is -2.39. The van der Waals surface area contributed by atoms with Gasteiger partial charge in [-0.3, -0.25) is 4.90 Å². The van der Waals surface area contributed by atoms with Crippen molar-refractivity contribution < 1.29 is 22.7 Å². The van der Waals surface area contributed by atoms with Crippen LogP contribution >= 0.6 is 0 Å². The van der Waals surface area contributed by atoms with Gasteiger partial charge in [0.25, 0.3) is 0 Å². The number of amides is 1. The Hall–Kier alpha value is -1.76. The molecule has 140 valence electrons. The van der Waals surface area contributed by atoms with Crippen LogP contribution in [0.1, 0.15) is 38.3 Å². The van der Waals surface area contributed by atoms with Gasteiger partial charge in [-0.2, -0.15) is 13.2 Å². The number of benzene rings is 1. The summed E-state index contributed by atoms with van der Waals surface area (Å²) >= 11 is 0. The normalized spacial score (nSPS) is 17.3. The molecule has 0 aliphatic carbocycles. The first-order valence-electron chi connectivity index (χ1n) is 8.41. The minimum atomic E-state index is -4.31. The molecule has 2 rings (SSSR count). The summed E-state index contributed by atoms with van der Waals surface area (Å²) in [6, 6.07) is 5.25. The molecule has 1 saturated heterocycles. The second-order valence-corrected chi connectivity index (χ2v) is 7.29. The summed E-state index contributed by atoms with van der Waals surface area (Å²) in [5.74, 6) is 0. The minimum Gasteiger partial charge on any atom is -0.444 e. The lowest BCUT2D eigenvalue weighted by Gasteiger charge is -2.26. The van der Waals surface area contributed by atoms with E-state index < -0.39 is 17.3 Å². The van der Waals surface area contributed by atoms with Crippen molar-refractivity contribution in [2.75, 3.05) is 26.2 Å². The maximum Gasteiger partial charge on any atom is 0.416 e. The second kappa shape index (κ2) is 7.64. The number of hydrogen-bond donors (Lipinski definition) is 0. The van der Waals surface area contributed by atoms with Gasteiger partial charge in [-0.25, -0.2) is 4.79 Å². The van der Waals surface area contributed by atoms with Gasteiger partial charge >= 0.3 is 12.3 Å². The van der Waals surface area contributed by atoms with E-state index in [1.165, 1.54) is 12.1 Å². The van der Waals surface area contributed by atoms with Crippen LogP contribution in [0.5, 0.6) is 0 Å². The topological polar surface area (TPSA) is 32.8 Å². The van der Waals surface area contributed by atoms with E-state index in [9.17, 15) is 18.0 Å². The van der Waals surface area contributed by atoms with Crippen LogP contribution in [0.15, 0.2) is 24.3 Å². The molecule has 0 bridgehead atoms. The molecular weight excluding hydrogens is 333 g/mol. The standard InChI is InChI=1S/C18H25F3N2O2/c1-17(2,3)25-16(24)23-10-4-9-22(11-12-23)13-14-5-7-15(8-6-14)18(19,20)21/h5-8H,4,9-13H2,1-3H3. The van der Waals surface area contributed by atoms with Crippen molar-refractivity contribution in [3.05, 3.63) is 35.4 Å². The first-order valence-corrected chi connectivity index (χ1v) is 8.41. The van der Waals surface area contributed by atoms with Gasteiger partial charge in [0.15, 0.2) is 0 Å². The minimum absolute atomic E-state index is 0.316. The predicted molar refractivity (Wildman–Crippen MR) is 89.1 cm³/mol. The van der Waals surface area contributed by atoms with Crippen LogP contribution in [0.3, 0.4) is 0 Å². The fourth-order valence-electron chi connectivity index (χ4n) is 2.70. The monoisotopic (exact) mass is 358 g/mol. The van der Waals surface area contributed by atoms with Crippen LogP contribution < -0.4 is 0 Å². The summed E-state index contributed by atoms with van der Waals surface area (Å²) in [5, 5.41) is 0. The molecule has 0 atom stereocenters. The van der Waals surface area contributed by atoms with Gasteiger partial charge < -0.3 is 9.64 Å². The van der Waals surface area contributed by atoms with E-state index in [4.69, 9.17) is 4.74 Å². The Bertz CT molecular complexity index is 579. The quantitative estimate of drug-likeness (QED) is 0.796. The first-order chi connectivity index (χ1) is 11.5. The van der Waals surface area contributed by atoms with Crippen LogP contribution in [-0.2, 0) is 17.5 Å². The second-order valence-electron chi connectivity index (χ2n) is 7.29. The van der Waals surface area contributed by atoms with Crippen molar-refractivity contribution >= 4 is 6.09 Å². The van der Waals surface area contributed by atoms with Crippen LogP contribution in [0.2, 0.25) is 0 Å². The molecule has 1 aliphatic rings. The number of hydrogen-bond acceptors (Lipinski definition) is 3. The maximum atomic E-state index is 12.6. The molecule has 1 aromatic carbocycles. The first kappa shape index (κ1) is 19.6. The largest absolute Gasteiger partial charge is 0.444 e. The summed E-state index contributed by atoms with van der Waals surface area (Å²) in [4.78, 5) is 16.0. The van der Waals surface area contributed by atoms with E-state index in [0.717, 1.165) is 30.7 Å². The zero-order valence-corrected chi connectivity index (χ0v) is 14.9. The summed E-state index contributed by atoms with van der Waals surface area (Å²) in [6.45, 7) is 8.70. The third-order valence-corrected chi connectivity index (χ3v) is 3.93. The lowest BCUT2D eigenvalue weighted by molar-refractivity contribution is -0.137. The van der Waals surface area contributed by atoms with Gasteiger partial charge in [-0.1, -0.05) is 12.1 Å². The van der Waals surface area contributed by atoms with E-state index in [-0.39, 0.29) is 6.09 Å². The average Bonchev–Trinajstić information content (AvgIpc) is 2.71. The predicted octanol–water partition coefficient (Wildman–Crippen LogP) is 4.15. The Morgan fingerprint density at radius 3 is 2.24 bits per heavy atom. The molecule has 1 amide bonds. The van der Waals surface area contributed by atoms with Crippen molar-refractivity contribution in [3.63, 3.8) is 0 Å². The number of alkyl halides is 3. The number of ether oxygens (including phenoxy) is 1. The van der Waals surface area contributed by atoms with E-state index in [0.29, 0.717) is 26.2 Å². The molecule has 25 heavy (non-hydrogen) atoms. The van der Waals surface area contributed by atoms with Crippen molar-refractivity contribution in [2.45, 2.75) is 45.5 Å². The molecule has 0 radical (unpaired) electrons. The number of rotatable bonds is 2. The summed E-state index contributed by atoms with van der Waals surface area (Å²) in [6.07, 6.45) is -3.82. The molecule has 1 aliphatic heterocycles. The van der Waals surface area contributed by atoms with Gasteiger partial charge in [0, 0.05) is 32.7 Å². The van der Waals surface area contributed by atoms with Crippen LogP contribution in [0.4, 0.5) is 18.0 Å². The van der Waals surface area contributed by atoms with E-state index >= 15 is 0 Å². The summed E-state index contributed by atoms with van der Waals surface area (Å²) in [7, 11) is 0. The molecule has 0 spiro atoms. The SMILES string of the molecule is CC(C)(C)OC(=O)N1CCCN(Cc2ccc(C(F)(F)F)cc2)CC1. The van der Waals surface area contributed by atoms with Gasteiger partial charge in [0.2, 0.25) is 0 Å². The van der Waals surface area contributed by atoms with E-state index in [2.05, 4.69) is 4.90 Å². The zero-order valence-electron chi connectivity index (χ0n) is 14.9. The molecule has 0 N–H and O–H groups in total. The van der Waals surface area contributed by atoms with E-state index in [1.807, 2.05) is 20.8 Å². The fraction of sp³-hybridized carbons (Fsp3) is 0.611. The highest BCUT2D eigenvalue weighted by Gasteiger charge is 2.30. The number of carbonyl (C=O) groups is 1. The molecule has 0 aromatic heterocycles.